The first kappa shape index (κ1) is 22.4. The Bertz CT molecular complexity index is 668. The molecule has 0 aliphatic rings. The highest BCUT2D eigenvalue weighted by Gasteiger charge is 2.26. The summed E-state index contributed by atoms with van der Waals surface area (Å²) in [6.45, 7) is 2.83. The lowest BCUT2D eigenvalue weighted by molar-refractivity contribution is -0.142. The molecule has 11 nitrogen and oxygen atoms in total. The van der Waals surface area contributed by atoms with Crippen molar-refractivity contribution in [3.05, 3.63) is 18.2 Å². The maximum Gasteiger partial charge on any atom is 0.326 e. The zero-order chi connectivity index (χ0) is 20.6. The molecule has 3 amide bonds. The van der Waals surface area contributed by atoms with E-state index < -0.39 is 47.9 Å². The van der Waals surface area contributed by atoms with E-state index in [4.69, 9.17) is 5.73 Å². The molecule has 0 spiro atoms. The maximum absolute atomic E-state index is 12.2. The van der Waals surface area contributed by atoms with Gasteiger partial charge in [-0.1, -0.05) is 0 Å². The second-order valence-corrected chi connectivity index (χ2v) is 6.30. The third-order valence-electron chi connectivity index (χ3n) is 3.63. The lowest BCUT2D eigenvalue weighted by Gasteiger charge is -2.21. The van der Waals surface area contributed by atoms with E-state index >= 15 is 0 Å². The van der Waals surface area contributed by atoms with Gasteiger partial charge in [-0.15, -0.1) is 0 Å². The van der Waals surface area contributed by atoms with Crippen LogP contribution < -0.4 is 21.7 Å². The van der Waals surface area contributed by atoms with Crippen LogP contribution >= 0.6 is 12.6 Å². The van der Waals surface area contributed by atoms with Crippen molar-refractivity contribution in [2.45, 2.75) is 44.4 Å². The summed E-state index contributed by atoms with van der Waals surface area (Å²) in [4.78, 5) is 53.8. The third kappa shape index (κ3) is 7.27. The predicted octanol–water partition coefficient (Wildman–Crippen LogP) is -2.21. The number of hydrogen-bond acceptors (Lipinski definition) is 7. The molecule has 1 heterocycles. The highest BCUT2D eigenvalue weighted by Crippen LogP contribution is 2.00. The number of carboxylic acid groups (broad SMARTS) is 1. The number of H-pyrrole nitrogens is 1. The van der Waals surface area contributed by atoms with E-state index in [1.807, 2.05) is 0 Å². The predicted molar refractivity (Wildman–Crippen MR) is 98.9 cm³/mol. The van der Waals surface area contributed by atoms with Gasteiger partial charge in [-0.3, -0.25) is 14.4 Å². The summed E-state index contributed by atoms with van der Waals surface area (Å²) >= 11 is 3.90. The Morgan fingerprint density at radius 2 is 1.70 bits per heavy atom. The van der Waals surface area contributed by atoms with Crippen LogP contribution in [0.4, 0.5) is 0 Å². The summed E-state index contributed by atoms with van der Waals surface area (Å²) < 4.78 is 0. The molecule has 0 aromatic carbocycles. The molecule has 0 aliphatic heterocycles. The molecule has 0 saturated heterocycles. The Kier molecular flexibility index (Phi) is 8.75. The number of carbonyl (C=O) groups is 4. The SMILES string of the molecule is CC(NC(=O)C(N)CS)C(=O)NC(C)C(=O)NC(Cc1cnc[nH]1)C(=O)O. The number of hydrogen-bond donors (Lipinski definition) is 7. The summed E-state index contributed by atoms with van der Waals surface area (Å²) in [5.74, 6) is -2.95. The number of nitrogens with one attached hydrogen (secondary N) is 4. The molecular weight excluding hydrogens is 376 g/mol. The van der Waals surface area contributed by atoms with Gasteiger partial charge in [0.2, 0.25) is 17.7 Å². The van der Waals surface area contributed by atoms with Gasteiger partial charge in [0.25, 0.3) is 0 Å². The van der Waals surface area contributed by atoms with Gasteiger partial charge in [0.05, 0.1) is 12.4 Å². The van der Waals surface area contributed by atoms with E-state index in [1.54, 1.807) is 0 Å². The van der Waals surface area contributed by atoms with Crippen LogP contribution in [0.5, 0.6) is 0 Å². The van der Waals surface area contributed by atoms with Crippen molar-refractivity contribution in [1.29, 1.82) is 0 Å². The molecule has 0 fully saturated rings. The molecule has 4 unspecified atom stereocenters. The van der Waals surface area contributed by atoms with Gasteiger partial charge >= 0.3 is 5.97 Å². The number of thiol groups is 1. The topological polar surface area (TPSA) is 179 Å². The van der Waals surface area contributed by atoms with Gasteiger partial charge in [0.15, 0.2) is 0 Å². The molecule has 150 valence electrons. The fourth-order valence-electron chi connectivity index (χ4n) is 1.99. The molecule has 1 rings (SSSR count). The quantitative estimate of drug-likeness (QED) is 0.217. The van der Waals surface area contributed by atoms with Gasteiger partial charge in [-0.05, 0) is 13.8 Å². The molecule has 27 heavy (non-hydrogen) atoms. The first-order valence-corrected chi connectivity index (χ1v) is 8.76. The monoisotopic (exact) mass is 400 g/mol. The van der Waals surface area contributed by atoms with Crippen LogP contribution in [0.15, 0.2) is 12.5 Å². The van der Waals surface area contributed by atoms with Crippen LogP contribution in [-0.2, 0) is 25.6 Å². The molecule has 1 aromatic rings. The number of rotatable bonds is 10. The first-order valence-electron chi connectivity index (χ1n) is 8.13. The van der Waals surface area contributed by atoms with Gasteiger partial charge < -0.3 is 31.8 Å². The fraction of sp³-hybridized carbons (Fsp3) is 0.533. The second-order valence-electron chi connectivity index (χ2n) is 5.93. The van der Waals surface area contributed by atoms with Crippen LogP contribution in [0.1, 0.15) is 19.5 Å². The van der Waals surface area contributed by atoms with E-state index in [2.05, 4.69) is 38.5 Å². The first-order chi connectivity index (χ1) is 12.6. The number of carbonyl (C=O) groups excluding carboxylic acids is 3. The van der Waals surface area contributed by atoms with Crippen molar-refractivity contribution >= 4 is 36.3 Å². The van der Waals surface area contributed by atoms with E-state index in [0.717, 1.165) is 0 Å². The Morgan fingerprint density at radius 3 is 2.19 bits per heavy atom. The maximum atomic E-state index is 12.2. The molecule has 0 radical (unpaired) electrons. The van der Waals surface area contributed by atoms with Gasteiger partial charge in [-0.25, -0.2) is 9.78 Å². The standard InChI is InChI=1S/C15H24N6O5S/c1-7(20-14(24)10(16)5-27)12(22)19-8(2)13(23)21-11(15(25)26)3-9-4-17-6-18-9/h4,6-8,10-11,27H,3,5,16H2,1-2H3,(H,17,18)(H,19,22)(H,20,24)(H,21,23)(H,25,26). The highest BCUT2D eigenvalue weighted by atomic mass is 32.1. The van der Waals surface area contributed by atoms with E-state index in [-0.39, 0.29) is 12.2 Å². The summed E-state index contributed by atoms with van der Waals surface area (Å²) in [6, 6.07) is -4.00. The van der Waals surface area contributed by atoms with Crippen LogP contribution in [0.3, 0.4) is 0 Å². The lowest BCUT2D eigenvalue weighted by Crippen LogP contribution is -2.55. The minimum atomic E-state index is -1.22. The summed E-state index contributed by atoms with van der Waals surface area (Å²) in [5, 5.41) is 16.4. The van der Waals surface area contributed by atoms with E-state index in [9.17, 15) is 24.3 Å². The highest BCUT2D eigenvalue weighted by molar-refractivity contribution is 7.80. The number of nitrogens with zero attached hydrogens (tertiary/aromatic N) is 1. The zero-order valence-electron chi connectivity index (χ0n) is 14.9. The van der Waals surface area contributed by atoms with Crippen molar-refractivity contribution < 1.29 is 24.3 Å². The van der Waals surface area contributed by atoms with Crippen molar-refractivity contribution in [2.75, 3.05) is 5.75 Å². The minimum Gasteiger partial charge on any atom is -0.480 e. The van der Waals surface area contributed by atoms with Crippen LogP contribution in [0.2, 0.25) is 0 Å². The Balaban J connectivity index is 2.57. The van der Waals surface area contributed by atoms with E-state index in [1.165, 1.54) is 26.4 Å². The van der Waals surface area contributed by atoms with Crippen LogP contribution in [-0.4, -0.2) is 68.7 Å². The number of aliphatic carboxylic acids is 1. The number of amides is 3. The zero-order valence-corrected chi connectivity index (χ0v) is 15.8. The lowest BCUT2D eigenvalue weighted by atomic mass is 10.1. The number of carboxylic acids is 1. The number of nitrogens with two attached hydrogens (primary N) is 1. The summed E-state index contributed by atoms with van der Waals surface area (Å²) in [5.41, 5.74) is 6.04. The normalized spacial score (nSPS) is 15.1. The molecule has 12 heteroatoms. The van der Waals surface area contributed by atoms with Crippen LogP contribution in [0.25, 0.3) is 0 Å². The largest absolute Gasteiger partial charge is 0.480 e. The second kappa shape index (κ2) is 10.5. The molecule has 0 bridgehead atoms. The number of aromatic nitrogens is 2. The molecular formula is C15H24N6O5S. The van der Waals surface area contributed by atoms with Gasteiger partial charge in [0.1, 0.15) is 18.1 Å². The molecule has 7 N–H and O–H groups in total. The number of aromatic amines is 1. The van der Waals surface area contributed by atoms with Gasteiger partial charge in [0, 0.05) is 24.1 Å². The van der Waals surface area contributed by atoms with Crippen molar-refractivity contribution in [1.82, 2.24) is 25.9 Å². The average Bonchev–Trinajstić information content (AvgIpc) is 3.12. The summed E-state index contributed by atoms with van der Waals surface area (Å²) in [6.07, 6.45) is 2.86. The number of imidazole rings is 1. The third-order valence-corrected chi connectivity index (χ3v) is 4.02. The minimum absolute atomic E-state index is 0.00974. The van der Waals surface area contributed by atoms with E-state index in [0.29, 0.717) is 5.69 Å². The summed E-state index contributed by atoms with van der Waals surface area (Å²) in [7, 11) is 0. The molecule has 0 aliphatic carbocycles. The Labute approximate surface area is 161 Å². The van der Waals surface area contributed by atoms with Crippen LogP contribution in [0, 0.1) is 0 Å². The Morgan fingerprint density at radius 1 is 1.15 bits per heavy atom. The van der Waals surface area contributed by atoms with Crippen molar-refractivity contribution in [2.24, 2.45) is 5.73 Å². The average molecular weight is 400 g/mol. The fourth-order valence-corrected chi connectivity index (χ4v) is 2.15. The van der Waals surface area contributed by atoms with Crippen molar-refractivity contribution in [3.63, 3.8) is 0 Å². The molecule has 1 aromatic heterocycles. The Hall–Kier alpha value is -2.60. The van der Waals surface area contributed by atoms with Crippen molar-refractivity contribution in [3.8, 4) is 0 Å². The van der Waals surface area contributed by atoms with Gasteiger partial charge in [-0.2, -0.15) is 12.6 Å². The smallest absolute Gasteiger partial charge is 0.326 e. The molecule has 4 atom stereocenters. The molecule has 0 saturated carbocycles.